The normalized spacial score (nSPS) is 18.8. The Bertz CT molecular complexity index is 932. The second-order valence-electron chi connectivity index (χ2n) is 6.59. The molecule has 134 valence electrons. The van der Waals surface area contributed by atoms with Crippen molar-refractivity contribution in [3.8, 4) is 0 Å². The highest BCUT2D eigenvalue weighted by Crippen LogP contribution is 2.29. The summed E-state index contributed by atoms with van der Waals surface area (Å²) < 4.78 is 17.4. The summed E-state index contributed by atoms with van der Waals surface area (Å²) >= 11 is 0. The molecule has 0 radical (unpaired) electrons. The lowest BCUT2D eigenvalue weighted by Gasteiger charge is -2.31. The first kappa shape index (κ1) is 17.0. The third-order valence-electron chi connectivity index (χ3n) is 4.80. The topological polar surface area (TPSA) is 63.4 Å². The van der Waals surface area contributed by atoms with Crippen molar-refractivity contribution in [3.05, 3.63) is 60.0 Å². The van der Waals surface area contributed by atoms with E-state index in [-0.39, 0.29) is 11.8 Å². The molecule has 2 atom stereocenters. The number of hydrogen-bond acceptors (Lipinski definition) is 4. The van der Waals surface area contributed by atoms with Gasteiger partial charge in [-0.15, -0.1) is 0 Å². The minimum Gasteiger partial charge on any atom is -0.440 e. The number of para-hydroxylation sites is 2. The summed E-state index contributed by atoms with van der Waals surface area (Å²) in [4.78, 5) is 20.0. The van der Waals surface area contributed by atoms with E-state index >= 15 is 0 Å². The van der Waals surface area contributed by atoms with Crippen LogP contribution in [0.2, 0.25) is 0 Å². The molecule has 1 aromatic heterocycles. The molecule has 2 aromatic carbocycles. The molecule has 3 aromatic rings. The van der Waals surface area contributed by atoms with E-state index in [1.807, 2.05) is 29.2 Å². The Labute approximate surface area is 154 Å². The molecule has 0 bridgehead atoms. The lowest BCUT2D eigenvalue weighted by Crippen LogP contribution is -2.39. The predicted octanol–water partition coefficient (Wildman–Crippen LogP) is 3.59. The van der Waals surface area contributed by atoms with Gasteiger partial charge in [0.2, 0.25) is 0 Å². The molecule has 1 amide bonds. The van der Waals surface area contributed by atoms with Crippen molar-refractivity contribution in [3.63, 3.8) is 0 Å². The Morgan fingerprint density at radius 1 is 1.19 bits per heavy atom. The molecule has 0 aliphatic carbocycles. The van der Waals surface area contributed by atoms with Crippen molar-refractivity contribution in [2.75, 3.05) is 19.3 Å². The third-order valence-corrected chi connectivity index (χ3v) is 5.74. The van der Waals surface area contributed by atoms with Crippen molar-refractivity contribution in [2.24, 2.45) is 0 Å². The van der Waals surface area contributed by atoms with Gasteiger partial charge in [-0.3, -0.25) is 9.00 Å². The molecule has 0 unspecified atom stereocenters. The maximum absolute atomic E-state index is 12.8. The summed E-state index contributed by atoms with van der Waals surface area (Å²) in [5.74, 6) is 0.821. The maximum Gasteiger partial charge on any atom is 0.253 e. The number of hydrogen-bond donors (Lipinski definition) is 0. The summed E-state index contributed by atoms with van der Waals surface area (Å²) in [6.07, 6.45) is 3.52. The molecule has 1 fully saturated rings. The number of amides is 1. The van der Waals surface area contributed by atoms with Gasteiger partial charge in [-0.1, -0.05) is 12.1 Å². The second-order valence-corrected chi connectivity index (χ2v) is 7.97. The van der Waals surface area contributed by atoms with E-state index in [9.17, 15) is 9.00 Å². The van der Waals surface area contributed by atoms with Gasteiger partial charge in [0.1, 0.15) is 5.52 Å². The van der Waals surface area contributed by atoms with Crippen LogP contribution in [-0.4, -0.2) is 39.3 Å². The van der Waals surface area contributed by atoms with Gasteiger partial charge in [0.05, 0.1) is 5.92 Å². The van der Waals surface area contributed by atoms with Crippen LogP contribution in [0.3, 0.4) is 0 Å². The Morgan fingerprint density at radius 2 is 1.96 bits per heavy atom. The summed E-state index contributed by atoms with van der Waals surface area (Å²) in [7, 11) is -1.04. The summed E-state index contributed by atoms with van der Waals surface area (Å²) in [6, 6.07) is 14.7. The molecule has 5 nitrogen and oxygen atoms in total. The van der Waals surface area contributed by atoms with Gasteiger partial charge >= 0.3 is 0 Å². The number of nitrogens with zero attached hydrogens (tertiary/aromatic N) is 2. The van der Waals surface area contributed by atoms with E-state index in [0.717, 1.165) is 35.4 Å². The molecule has 26 heavy (non-hydrogen) atoms. The smallest absolute Gasteiger partial charge is 0.253 e. The first-order valence-electron chi connectivity index (χ1n) is 8.70. The molecular formula is C20H20N2O3S. The number of likely N-dealkylation sites (tertiary alicyclic amines) is 1. The van der Waals surface area contributed by atoms with Crippen LogP contribution in [0.15, 0.2) is 57.8 Å². The lowest BCUT2D eigenvalue weighted by atomic mass is 9.97. The largest absolute Gasteiger partial charge is 0.440 e. The lowest BCUT2D eigenvalue weighted by molar-refractivity contribution is 0.0699. The van der Waals surface area contributed by atoms with E-state index in [1.54, 1.807) is 30.5 Å². The fourth-order valence-corrected chi connectivity index (χ4v) is 3.92. The number of carbonyl (C=O) groups excluding carboxylic acids is 1. The van der Waals surface area contributed by atoms with Crippen molar-refractivity contribution in [2.45, 2.75) is 23.7 Å². The van der Waals surface area contributed by atoms with Crippen molar-refractivity contribution < 1.29 is 13.4 Å². The van der Waals surface area contributed by atoms with E-state index in [2.05, 4.69) is 4.98 Å². The molecule has 1 aliphatic heterocycles. The quantitative estimate of drug-likeness (QED) is 0.709. The van der Waals surface area contributed by atoms with Crippen LogP contribution >= 0.6 is 0 Å². The minimum atomic E-state index is -1.04. The van der Waals surface area contributed by atoms with E-state index in [0.29, 0.717) is 18.0 Å². The summed E-state index contributed by atoms with van der Waals surface area (Å²) in [6.45, 7) is 1.34. The molecule has 0 spiro atoms. The van der Waals surface area contributed by atoms with Gasteiger partial charge in [-0.25, -0.2) is 4.98 Å². The SMILES string of the molecule is C[S@](=O)c1ccc(C(=O)N2CCC[C@H](c3nc4ccccc4o3)C2)cc1. The standard InChI is InChI=1S/C20H20N2O3S/c1-26(24)16-10-8-14(9-11-16)20(23)22-12-4-5-15(13-22)19-21-17-6-2-3-7-18(17)25-19/h2-3,6-11,15H,4-5,12-13H2,1H3/t15-,26-/m0/s1. The Hall–Kier alpha value is -2.47. The molecule has 1 aliphatic rings. The molecule has 4 rings (SSSR count). The minimum absolute atomic E-state index is 0.000698. The van der Waals surface area contributed by atoms with Gasteiger partial charge < -0.3 is 9.32 Å². The number of oxazole rings is 1. The number of piperidine rings is 1. The average Bonchev–Trinajstić information content (AvgIpc) is 3.12. The number of aromatic nitrogens is 1. The molecule has 1 saturated heterocycles. The zero-order valence-electron chi connectivity index (χ0n) is 14.6. The van der Waals surface area contributed by atoms with Crippen LogP contribution in [0, 0.1) is 0 Å². The Morgan fingerprint density at radius 3 is 2.69 bits per heavy atom. The molecule has 2 heterocycles. The van der Waals surface area contributed by atoms with Crippen LogP contribution < -0.4 is 0 Å². The van der Waals surface area contributed by atoms with Crippen molar-refractivity contribution in [1.29, 1.82) is 0 Å². The zero-order valence-corrected chi connectivity index (χ0v) is 15.4. The number of carbonyl (C=O) groups is 1. The van der Waals surface area contributed by atoms with Crippen molar-refractivity contribution >= 4 is 27.8 Å². The number of benzene rings is 2. The summed E-state index contributed by atoms with van der Waals surface area (Å²) in [5, 5.41) is 0. The molecule has 0 N–H and O–H groups in total. The van der Waals surface area contributed by atoms with E-state index in [4.69, 9.17) is 4.42 Å². The Balaban J connectivity index is 1.52. The van der Waals surface area contributed by atoms with Gasteiger partial charge in [-0.2, -0.15) is 0 Å². The Kier molecular flexibility index (Phi) is 4.59. The zero-order chi connectivity index (χ0) is 18.1. The fourth-order valence-electron chi connectivity index (χ4n) is 3.40. The maximum atomic E-state index is 12.8. The number of rotatable bonds is 3. The van der Waals surface area contributed by atoms with Crippen molar-refractivity contribution in [1.82, 2.24) is 9.88 Å². The second kappa shape index (κ2) is 7.03. The monoisotopic (exact) mass is 368 g/mol. The first-order valence-corrected chi connectivity index (χ1v) is 10.3. The van der Waals surface area contributed by atoms with Crippen LogP contribution in [0.4, 0.5) is 0 Å². The van der Waals surface area contributed by atoms with E-state index in [1.165, 1.54) is 0 Å². The van der Waals surface area contributed by atoms with Gasteiger partial charge in [-0.05, 0) is 49.2 Å². The molecule has 6 heteroatoms. The highest BCUT2D eigenvalue weighted by molar-refractivity contribution is 7.84. The van der Waals surface area contributed by atoms with Crippen LogP contribution in [-0.2, 0) is 10.8 Å². The van der Waals surface area contributed by atoms with Gasteiger partial charge in [0.25, 0.3) is 5.91 Å². The van der Waals surface area contributed by atoms with Gasteiger partial charge in [0, 0.05) is 40.6 Å². The third kappa shape index (κ3) is 3.29. The number of fused-ring (bicyclic) bond motifs is 1. The van der Waals surface area contributed by atoms with Crippen LogP contribution in [0.25, 0.3) is 11.1 Å². The molecular weight excluding hydrogens is 348 g/mol. The average molecular weight is 368 g/mol. The fraction of sp³-hybridized carbons (Fsp3) is 0.300. The predicted molar refractivity (Wildman–Crippen MR) is 101 cm³/mol. The van der Waals surface area contributed by atoms with Crippen LogP contribution in [0.1, 0.15) is 35.0 Å². The van der Waals surface area contributed by atoms with Gasteiger partial charge in [0.15, 0.2) is 11.5 Å². The van der Waals surface area contributed by atoms with Crippen LogP contribution in [0.5, 0.6) is 0 Å². The first-order chi connectivity index (χ1) is 12.6. The van der Waals surface area contributed by atoms with E-state index < -0.39 is 10.8 Å². The molecule has 0 saturated carbocycles. The highest BCUT2D eigenvalue weighted by atomic mass is 32.2. The summed E-state index contributed by atoms with van der Waals surface area (Å²) in [5.41, 5.74) is 2.26. The highest BCUT2D eigenvalue weighted by Gasteiger charge is 2.28.